The van der Waals surface area contributed by atoms with Gasteiger partial charge in [0.1, 0.15) is 30.7 Å². The maximum absolute atomic E-state index is 13.2. The molecule has 8 nitrogen and oxygen atoms in total. The number of benzene rings is 3. The molecule has 8 heteroatoms. The highest BCUT2D eigenvalue weighted by Crippen LogP contribution is 2.40. The van der Waals surface area contributed by atoms with Crippen LogP contribution in [-0.4, -0.2) is 46.2 Å². The fourth-order valence-electron chi connectivity index (χ4n) is 4.13. The SMILES string of the molecule is O=C(O)COC1c2ccccc2CCC1(O)COC(=O)N(c1ccccc1)c1ccc(O)cc1. The van der Waals surface area contributed by atoms with Gasteiger partial charge in [-0.3, -0.25) is 0 Å². The summed E-state index contributed by atoms with van der Waals surface area (Å²) in [7, 11) is 0. The van der Waals surface area contributed by atoms with E-state index in [9.17, 15) is 19.8 Å². The van der Waals surface area contributed by atoms with Gasteiger partial charge in [-0.25, -0.2) is 14.5 Å². The Bertz CT molecular complexity index is 1150. The summed E-state index contributed by atoms with van der Waals surface area (Å²) in [5, 5.41) is 30.2. The summed E-state index contributed by atoms with van der Waals surface area (Å²) in [6.07, 6.45) is -0.953. The van der Waals surface area contributed by atoms with Crippen LogP contribution in [-0.2, 0) is 20.7 Å². The first-order valence-electron chi connectivity index (χ1n) is 10.8. The van der Waals surface area contributed by atoms with Crippen LogP contribution in [0.25, 0.3) is 0 Å². The number of carbonyl (C=O) groups is 2. The van der Waals surface area contributed by atoms with Crippen LogP contribution in [0.5, 0.6) is 5.75 Å². The third kappa shape index (κ3) is 5.03. The Hall–Kier alpha value is -3.88. The van der Waals surface area contributed by atoms with E-state index in [1.165, 1.54) is 17.0 Å². The standard InChI is InChI=1S/C26H25NO7/c28-21-12-10-20(11-13-21)27(19-7-2-1-3-8-19)25(31)34-17-26(32)15-14-18-6-4-5-9-22(18)24(26)33-16-23(29)30/h1-13,24,28,32H,14-17H2,(H,29,30). The average Bonchev–Trinajstić information content (AvgIpc) is 2.84. The zero-order chi connectivity index (χ0) is 24.1. The number of carbonyl (C=O) groups excluding carboxylic acids is 1. The van der Waals surface area contributed by atoms with E-state index < -0.39 is 37.0 Å². The van der Waals surface area contributed by atoms with E-state index in [0.29, 0.717) is 23.4 Å². The van der Waals surface area contributed by atoms with Crippen molar-refractivity contribution < 1.29 is 34.4 Å². The van der Waals surface area contributed by atoms with E-state index in [1.54, 1.807) is 48.5 Å². The van der Waals surface area contributed by atoms with E-state index >= 15 is 0 Å². The van der Waals surface area contributed by atoms with Crippen molar-refractivity contribution in [1.29, 1.82) is 0 Å². The van der Waals surface area contributed by atoms with Crippen LogP contribution in [0.1, 0.15) is 23.7 Å². The Balaban J connectivity index is 1.58. The number of fused-ring (bicyclic) bond motifs is 1. The maximum Gasteiger partial charge on any atom is 0.419 e. The Kier molecular flexibility index (Phi) is 6.81. The van der Waals surface area contributed by atoms with Gasteiger partial charge in [-0.15, -0.1) is 0 Å². The molecule has 0 aromatic heterocycles. The largest absolute Gasteiger partial charge is 0.508 e. The molecule has 1 aliphatic rings. The van der Waals surface area contributed by atoms with Gasteiger partial charge in [-0.05, 0) is 60.4 Å². The third-order valence-corrected chi connectivity index (χ3v) is 5.78. The number of amides is 1. The van der Waals surface area contributed by atoms with E-state index in [2.05, 4.69) is 0 Å². The van der Waals surface area contributed by atoms with Gasteiger partial charge in [-0.2, -0.15) is 0 Å². The molecule has 3 aromatic carbocycles. The van der Waals surface area contributed by atoms with Crippen LogP contribution in [0, 0.1) is 0 Å². The summed E-state index contributed by atoms with van der Waals surface area (Å²) in [6, 6.07) is 22.2. The van der Waals surface area contributed by atoms with Gasteiger partial charge in [0.25, 0.3) is 0 Å². The number of phenols is 1. The smallest absolute Gasteiger partial charge is 0.419 e. The second kappa shape index (κ2) is 9.94. The number of para-hydroxylation sites is 1. The summed E-state index contributed by atoms with van der Waals surface area (Å²) >= 11 is 0. The first kappa shape index (κ1) is 23.3. The number of nitrogens with zero attached hydrogens (tertiary/aromatic N) is 1. The van der Waals surface area contributed by atoms with Gasteiger partial charge in [0.2, 0.25) is 0 Å². The highest BCUT2D eigenvalue weighted by Gasteiger charge is 2.44. The van der Waals surface area contributed by atoms with Crippen molar-refractivity contribution in [3.8, 4) is 5.75 Å². The van der Waals surface area contributed by atoms with Crippen molar-refractivity contribution in [3.05, 3.63) is 90.0 Å². The normalized spacial score (nSPS) is 19.1. The first-order valence-corrected chi connectivity index (χ1v) is 10.8. The van der Waals surface area contributed by atoms with Crippen LogP contribution in [0.4, 0.5) is 16.2 Å². The molecule has 0 fully saturated rings. The second-order valence-corrected chi connectivity index (χ2v) is 8.13. The molecular weight excluding hydrogens is 438 g/mol. The van der Waals surface area contributed by atoms with Crippen LogP contribution in [0.3, 0.4) is 0 Å². The molecule has 0 heterocycles. The first-order chi connectivity index (χ1) is 16.4. The van der Waals surface area contributed by atoms with Crippen LogP contribution in [0.15, 0.2) is 78.9 Å². The van der Waals surface area contributed by atoms with Crippen molar-refractivity contribution >= 4 is 23.4 Å². The van der Waals surface area contributed by atoms with Gasteiger partial charge in [-0.1, -0.05) is 42.5 Å². The Morgan fingerprint density at radius 2 is 1.59 bits per heavy atom. The molecule has 34 heavy (non-hydrogen) atoms. The molecule has 1 amide bonds. The number of aromatic hydroxyl groups is 1. The predicted octanol–water partition coefficient (Wildman–Crippen LogP) is 4.19. The molecular formula is C26H25NO7. The number of ether oxygens (including phenoxy) is 2. The van der Waals surface area contributed by atoms with E-state index in [4.69, 9.17) is 14.6 Å². The molecule has 0 radical (unpaired) electrons. The highest BCUT2D eigenvalue weighted by molar-refractivity contribution is 5.96. The lowest BCUT2D eigenvalue weighted by atomic mass is 9.78. The van der Waals surface area contributed by atoms with Crippen LogP contribution < -0.4 is 4.90 Å². The van der Waals surface area contributed by atoms with E-state index in [1.807, 2.05) is 18.2 Å². The van der Waals surface area contributed by atoms with E-state index in [-0.39, 0.29) is 12.2 Å². The number of aryl methyl sites for hydroxylation is 1. The lowest BCUT2D eigenvalue weighted by Gasteiger charge is -2.40. The molecule has 0 spiro atoms. The molecule has 0 saturated carbocycles. The number of aliphatic carboxylic acids is 1. The van der Waals surface area contributed by atoms with Gasteiger partial charge in [0, 0.05) is 0 Å². The molecule has 2 unspecified atom stereocenters. The number of phenolic OH excluding ortho intramolecular Hbond substituents is 1. The predicted molar refractivity (Wildman–Crippen MR) is 124 cm³/mol. The number of anilines is 2. The zero-order valence-corrected chi connectivity index (χ0v) is 18.3. The lowest BCUT2D eigenvalue weighted by molar-refractivity contribution is -0.164. The fourth-order valence-corrected chi connectivity index (χ4v) is 4.13. The summed E-state index contributed by atoms with van der Waals surface area (Å²) in [5.41, 5.74) is 1.01. The van der Waals surface area contributed by atoms with Gasteiger partial charge >= 0.3 is 12.1 Å². The monoisotopic (exact) mass is 463 g/mol. The quantitative estimate of drug-likeness (QED) is 0.481. The van der Waals surface area contributed by atoms with Crippen molar-refractivity contribution in [2.75, 3.05) is 18.1 Å². The second-order valence-electron chi connectivity index (χ2n) is 8.13. The number of hydrogen-bond donors (Lipinski definition) is 3. The van der Waals surface area contributed by atoms with Gasteiger partial charge in [0.05, 0.1) is 11.4 Å². The number of carboxylic acids is 1. The molecule has 1 aliphatic carbocycles. The summed E-state index contributed by atoms with van der Waals surface area (Å²) in [4.78, 5) is 25.7. The van der Waals surface area contributed by atoms with Gasteiger partial charge in [0.15, 0.2) is 0 Å². The lowest BCUT2D eigenvalue weighted by Crippen LogP contribution is -2.47. The Morgan fingerprint density at radius 1 is 0.941 bits per heavy atom. The van der Waals surface area contributed by atoms with Crippen molar-refractivity contribution in [3.63, 3.8) is 0 Å². The molecule has 176 valence electrons. The minimum absolute atomic E-state index is 0.0544. The highest BCUT2D eigenvalue weighted by atomic mass is 16.6. The number of rotatable bonds is 7. The van der Waals surface area contributed by atoms with Crippen molar-refractivity contribution in [2.45, 2.75) is 24.5 Å². The number of hydrogen-bond acceptors (Lipinski definition) is 6. The molecule has 4 rings (SSSR count). The Labute approximate surface area is 196 Å². The topological polar surface area (TPSA) is 117 Å². The number of aliphatic hydroxyl groups is 1. The maximum atomic E-state index is 13.2. The van der Waals surface area contributed by atoms with Crippen LogP contribution >= 0.6 is 0 Å². The molecule has 2 atom stereocenters. The molecule has 0 bridgehead atoms. The minimum Gasteiger partial charge on any atom is -0.508 e. The minimum atomic E-state index is -1.61. The molecule has 3 aromatic rings. The van der Waals surface area contributed by atoms with Crippen molar-refractivity contribution in [2.24, 2.45) is 0 Å². The van der Waals surface area contributed by atoms with E-state index in [0.717, 1.165) is 5.56 Å². The molecule has 0 saturated heterocycles. The average molecular weight is 463 g/mol. The van der Waals surface area contributed by atoms with Gasteiger partial charge < -0.3 is 24.8 Å². The van der Waals surface area contributed by atoms with Crippen LogP contribution in [0.2, 0.25) is 0 Å². The summed E-state index contributed by atoms with van der Waals surface area (Å²) < 4.78 is 11.2. The van der Waals surface area contributed by atoms with Crippen molar-refractivity contribution in [1.82, 2.24) is 0 Å². The summed E-state index contributed by atoms with van der Waals surface area (Å²) in [6.45, 7) is -0.995. The molecule has 3 N–H and O–H groups in total. The Morgan fingerprint density at radius 3 is 2.29 bits per heavy atom. The number of carboxylic acid groups (broad SMARTS) is 1. The summed E-state index contributed by atoms with van der Waals surface area (Å²) in [5.74, 6) is -1.11. The third-order valence-electron chi connectivity index (χ3n) is 5.78. The molecule has 0 aliphatic heterocycles. The zero-order valence-electron chi connectivity index (χ0n) is 18.3. The fraction of sp³-hybridized carbons (Fsp3) is 0.231.